The zero-order valence-corrected chi connectivity index (χ0v) is 13.2. The molecule has 0 aromatic rings. The minimum atomic E-state index is 0.0199. The van der Waals surface area contributed by atoms with Gasteiger partial charge in [0.15, 0.2) is 0 Å². The van der Waals surface area contributed by atoms with Gasteiger partial charge in [-0.2, -0.15) is 0 Å². The highest BCUT2D eigenvalue weighted by Gasteiger charge is 2.37. The van der Waals surface area contributed by atoms with E-state index >= 15 is 0 Å². The molecule has 3 aliphatic rings. The van der Waals surface area contributed by atoms with E-state index in [4.69, 9.17) is 4.74 Å². The third kappa shape index (κ3) is 3.96. The fourth-order valence-corrected chi connectivity index (χ4v) is 3.38. The summed E-state index contributed by atoms with van der Waals surface area (Å²) in [5.41, 5.74) is 0. The highest BCUT2D eigenvalue weighted by Crippen LogP contribution is 2.30. The van der Waals surface area contributed by atoms with Crippen molar-refractivity contribution in [3.63, 3.8) is 0 Å². The van der Waals surface area contributed by atoms with Gasteiger partial charge in [-0.3, -0.25) is 9.69 Å². The number of amides is 1. The Hall–Kier alpha value is -0.650. The van der Waals surface area contributed by atoms with Gasteiger partial charge >= 0.3 is 0 Å². The maximum Gasteiger partial charge on any atom is 0.229 e. The van der Waals surface area contributed by atoms with Crippen molar-refractivity contribution in [1.29, 1.82) is 0 Å². The monoisotopic (exact) mass is 295 g/mol. The van der Waals surface area contributed by atoms with E-state index in [9.17, 15) is 4.79 Å². The van der Waals surface area contributed by atoms with Crippen LogP contribution in [0.2, 0.25) is 0 Å². The first-order valence-electron chi connectivity index (χ1n) is 8.60. The van der Waals surface area contributed by atoms with E-state index in [1.54, 1.807) is 0 Å². The van der Waals surface area contributed by atoms with Gasteiger partial charge in [0.1, 0.15) is 0 Å². The molecule has 0 radical (unpaired) electrons. The average Bonchev–Trinajstić information content (AvgIpc) is 3.20. The molecule has 1 aliphatic carbocycles. The molecular weight excluding hydrogens is 266 g/mol. The van der Waals surface area contributed by atoms with E-state index in [2.05, 4.69) is 22.0 Å². The minimum Gasteiger partial charge on any atom is -0.379 e. The first-order chi connectivity index (χ1) is 10.3. The molecular formula is C16H29N3O2. The number of rotatable bonds is 6. The SMILES string of the molecule is CCCNC1COCC1C(=O)N1CCN(CC2CC2)CC1. The summed E-state index contributed by atoms with van der Waals surface area (Å²) in [5, 5.41) is 3.46. The Balaban J connectivity index is 1.46. The Morgan fingerprint density at radius 1 is 1.19 bits per heavy atom. The van der Waals surface area contributed by atoms with Crippen LogP contribution in [0.25, 0.3) is 0 Å². The number of hydrogen-bond acceptors (Lipinski definition) is 4. The van der Waals surface area contributed by atoms with Crippen molar-refractivity contribution in [2.45, 2.75) is 32.2 Å². The lowest BCUT2D eigenvalue weighted by molar-refractivity contribution is -0.137. The maximum absolute atomic E-state index is 12.7. The first kappa shape index (κ1) is 15.3. The van der Waals surface area contributed by atoms with E-state index in [0.717, 1.165) is 45.1 Å². The Kier molecular flexibility index (Phi) is 5.14. The Bertz CT molecular complexity index is 351. The van der Waals surface area contributed by atoms with Gasteiger partial charge in [0.25, 0.3) is 0 Å². The van der Waals surface area contributed by atoms with Crippen LogP contribution in [0.1, 0.15) is 26.2 Å². The number of carbonyl (C=O) groups is 1. The second kappa shape index (κ2) is 7.07. The van der Waals surface area contributed by atoms with Gasteiger partial charge in [-0.05, 0) is 31.7 Å². The van der Waals surface area contributed by atoms with E-state index in [-0.39, 0.29) is 12.0 Å². The van der Waals surface area contributed by atoms with Gasteiger partial charge < -0.3 is 15.0 Å². The van der Waals surface area contributed by atoms with Crippen molar-refractivity contribution in [2.75, 3.05) is 52.5 Å². The van der Waals surface area contributed by atoms with Gasteiger partial charge in [-0.15, -0.1) is 0 Å². The zero-order chi connectivity index (χ0) is 14.7. The lowest BCUT2D eigenvalue weighted by Crippen LogP contribution is -2.53. The van der Waals surface area contributed by atoms with Crippen LogP contribution in [-0.2, 0) is 9.53 Å². The van der Waals surface area contributed by atoms with Crippen LogP contribution in [0.3, 0.4) is 0 Å². The molecule has 5 heteroatoms. The van der Waals surface area contributed by atoms with Gasteiger partial charge in [-0.25, -0.2) is 0 Å². The third-order valence-corrected chi connectivity index (χ3v) is 4.95. The molecule has 1 N–H and O–H groups in total. The van der Waals surface area contributed by atoms with Crippen LogP contribution in [0, 0.1) is 11.8 Å². The molecule has 21 heavy (non-hydrogen) atoms. The van der Waals surface area contributed by atoms with Gasteiger partial charge in [0, 0.05) is 38.8 Å². The van der Waals surface area contributed by atoms with Crippen LogP contribution in [0.15, 0.2) is 0 Å². The van der Waals surface area contributed by atoms with Crippen molar-refractivity contribution < 1.29 is 9.53 Å². The molecule has 3 rings (SSSR count). The summed E-state index contributed by atoms with van der Waals surface area (Å²) in [6, 6.07) is 0.210. The lowest BCUT2D eigenvalue weighted by atomic mass is 10.0. The predicted octanol–water partition coefficient (Wildman–Crippen LogP) is 0.555. The summed E-state index contributed by atoms with van der Waals surface area (Å²) in [6.07, 6.45) is 3.91. The number of carbonyl (C=O) groups excluding carboxylic acids is 1. The molecule has 5 nitrogen and oxygen atoms in total. The minimum absolute atomic E-state index is 0.0199. The molecule has 0 aromatic heterocycles. The molecule has 2 unspecified atom stereocenters. The summed E-state index contributed by atoms with van der Waals surface area (Å²) in [4.78, 5) is 17.3. The Morgan fingerprint density at radius 2 is 1.95 bits per heavy atom. The van der Waals surface area contributed by atoms with Gasteiger partial charge in [0.05, 0.1) is 19.1 Å². The molecule has 1 saturated carbocycles. The maximum atomic E-state index is 12.7. The molecule has 0 aromatic carbocycles. The summed E-state index contributed by atoms with van der Waals surface area (Å²) >= 11 is 0. The van der Waals surface area contributed by atoms with Crippen LogP contribution in [0.5, 0.6) is 0 Å². The van der Waals surface area contributed by atoms with Crippen molar-refractivity contribution in [3.8, 4) is 0 Å². The van der Waals surface area contributed by atoms with Crippen LogP contribution in [-0.4, -0.2) is 74.2 Å². The zero-order valence-electron chi connectivity index (χ0n) is 13.2. The number of nitrogens with zero attached hydrogens (tertiary/aromatic N) is 2. The smallest absolute Gasteiger partial charge is 0.229 e. The molecule has 3 fully saturated rings. The average molecular weight is 295 g/mol. The van der Waals surface area contributed by atoms with E-state index < -0.39 is 0 Å². The predicted molar refractivity (Wildman–Crippen MR) is 82.1 cm³/mol. The summed E-state index contributed by atoms with van der Waals surface area (Å²) in [5.74, 6) is 1.26. The second-order valence-electron chi connectivity index (χ2n) is 6.77. The number of ether oxygens (including phenoxy) is 1. The Labute approximate surface area is 128 Å². The molecule has 120 valence electrons. The largest absolute Gasteiger partial charge is 0.379 e. The fourth-order valence-electron chi connectivity index (χ4n) is 3.38. The normalized spacial score (nSPS) is 30.8. The van der Waals surface area contributed by atoms with Gasteiger partial charge in [-0.1, -0.05) is 6.92 Å². The van der Waals surface area contributed by atoms with E-state index in [0.29, 0.717) is 19.1 Å². The summed E-state index contributed by atoms with van der Waals surface area (Å²) in [6.45, 7) is 9.50. The molecule has 2 atom stereocenters. The van der Waals surface area contributed by atoms with Crippen molar-refractivity contribution in [2.24, 2.45) is 11.8 Å². The number of hydrogen-bond donors (Lipinski definition) is 1. The number of piperazine rings is 1. The molecule has 1 amide bonds. The Morgan fingerprint density at radius 3 is 2.62 bits per heavy atom. The van der Waals surface area contributed by atoms with Crippen molar-refractivity contribution in [1.82, 2.24) is 15.1 Å². The highest BCUT2D eigenvalue weighted by atomic mass is 16.5. The van der Waals surface area contributed by atoms with Crippen LogP contribution in [0.4, 0.5) is 0 Å². The van der Waals surface area contributed by atoms with Crippen LogP contribution < -0.4 is 5.32 Å². The molecule has 2 saturated heterocycles. The second-order valence-corrected chi connectivity index (χ2v) is 6.77. The molecule has 0 spiro atoms. The summed E-state index contributed by atoms with van der Waals surface area (Å²) < 4.78 is 5.54. The fraction of sp³-hybridized carbons (Fsp3) is 0.938. The van der Waals surface area contributed by atoms with Crippen LogP contribution >= 0.6 is 0 Å². The molecule has 0 bridgehead atoms. The van der Waals surface area contributed by atoms with E-state index in [1.807, 2.05) is 0 Å². The number of nitrogens with one attached hydrogen (secondary N) is 1. The lowest BCUT2D eigenvalue weighted by Gasteiger charge is -2.36. The van der Waals surface area contributed by atoms with Crippen molar-refractivity contribution in [3.05, 3.63) is 0 Å². The van der Waals surface area contributed by atoms with E-state index in [1.165, 1.54) is 19.4 Å². The standard InChI is InChI=1S/C16H29N3O2/c1-2-5-17-15-12-21-11-14(15)16(20)19-8-6-18(7-9-19)10-13-3-4-13/h13-15,17H,2-12H2,1H3. The quantitative estimate of drug-likeness (QED) is 0.777. The molecule has 2 heterocycles. The topological polar surface area (TPSA) is 44.8 Å². The van der Waals surface area contributed by atoms with Gasteiger partial charge in [0.2, 0.25) is 5.91 Å². The van der Waals surface area contributed by atoms with Crippen molar-refractivity contribution >= 4 is 5.91 Å². The first-order valence-corrected chi connectivity index (χ1v) is 8.60. The molecule has 2 aliphatic heterocycles. The highest BCUT2D eigenvalue weighted by molar-refractivity contribution is 5.80. The summed E-state index contributed by atoms with van der Waals surface area (Å²) in [7, 11) is 0. The third-order valence-electron chi connectivity index (χ3n) is 4.95.